The van der Waals surface area contributed by atoms with Gasteiger partial charge in [0.2, 0.25) is 0 Å². The molecule has 0 radical (unpaired) electrons. The lowest BCUT2D eigenvalue weighted by Crippen LogP contribution is -2.21. The van der Waals surface area contributed by atoms with Crippen molar-refractivity contribution in [3.63, 3.8) is 0 Å². The summed E-state index contributed by atoms with van der Waals surface area (Å²) in [5, 5.41) is 3.80. The van der Waals surface area contributed by atoms with E-state index in [0.29, 0.717) is 16.7 Å². The van der Waals surface area contributed by atoms with Gasteiger partial charge in [0.25, 0.3) is 5.89 Å². The zero-order valence-corrected chi connectivity index (χ0v) is 11.4. The Morgan fingerprint density at radius 1 is 1.50 bits per heavy atom. The average Bonchev–Trinajstić information content (AvgIpc) is 2.80. The van der Waals surface area contributed by atoms with Gasteiger partial charge in [-0.3, -0.25) is 0 Å². The van der Waals surface area contributed by atoms with Gasteiger partial charge in [-0.05, 0) is 34.5 Å². The van der Waals surface area contributed by atoms with E-state index in [2.05, 4.69) is 26.1 Å². The Bertz CT molecular complexity index is 544. The Morgan fingerprint density at radius 2 is 2.28 bits per heavy atom. The van der Waals surface area contributed by atoms with Crippen molar-refractivity contribution in [3.8, 4) is 11.5 Å². The van der Waals surface area contributed by atoms with Crippen LogP contribution in [0.25, 0.3) is 11.5 Å². The Labute approximate surface area is 113 Å². The second kappa shape index (κ2) is 5.58. The van der Waals surface area contributed by atoms with Crippen molar-refractivity contribution in [2.45, 2.75) is 25.8 Å². The van der Waals surface area contributed by atoms with E-state index >= 15 is 0 Å². The third-order valence-corrected chi connectivity index (χ3v) is 3.23. The Hall–Kier alpha value is -1.27. The molecule has 0 aliphatic carbocycles. The first kappa shape index (κ1) is 13.2. The first-order valence-electron chi connectivity index (χ1n) is 5.64. The molecule has 0 aliphatic rings. The predicted molar refractivity (Wildman–Crippen MR) is 69.4 cm³/mol. The molecule has 96 valence electrons. The molecule has 2 aromatic rings. The molecule has 0 fully saturated rings. The molecule has 0 aliphatic heterocycles. The highest BCUT2D eigenvalue weighted by Crippen LogP contribution is 2.26. The first-order valence-corrected chi connectivity index (χ1v) is 6.43. The van der Waals surface area contributed by atoms with E-state index in [-0.39, 0.29) is 17.5 Å². The smallest absolute Gasteiger partial charge is 0.260 e. The van der Waals surface area contributed by atoms with Gasteiger partial charge in [0.05, 0.1) is 10.0 Å². The lowest BCUT2D eigenvalue weighted by atomic mass is 10.1. The highest BCUT2D eigenvalue weighted by molar-refractivity contribution is 9.10. The summed E-state index contributed by atoms with van der Waals surface area (Å²) in [7, 11) is 0. The van der Waals surface area contributed by atoms with Crippen LogP contribution < -0.4 is 5.73 Å². The summed E-state index contributed by atoms with van der Waals surface area (Å²) in [6.07, 6.45) is 1.35. The second-order valence-corrected chi connectivity index (χ2v) is 4.84. The summed E-state index contributed by atoms with van der Waals surface area (Å²) < 4.78 is 19.2. The summed E-state index contributed by atoms with van der Waals surface area (Å²) in [6.45, 7) is 1.99. The van der Waals surface area contributed by atoms with Crippen molar-refractivity contribution in [1.29, 1.82) is 0 Å². The molecule has 2 N–H and O–H groups in total. The fourth-order valence-electron chi connectivity index (χ4n) is 1.49. The maximum atomic E-state index is 13.8. The average molecular weight is 314 g/mol. The number of hydrogen-bond donors (Lipinski definition) is 1. The van der Waals surface area contributed by atoms with Crippen LogP contribution in [0.3, 0.4) is 0 Å². The number of aromatic nitrogens is 2. The van der Waals surface area contributed by atoms with Gasteiger partial charge in [-0.15, -0.1) is 0 Å². The first-order chi connectivity index (χ1) is 8.61. The van der Waals surface area contributed by atoms with Crippen LogP contribution in [0.5, 0.6) is 0 Å². The zero-order valence-electron chi connectivity index (χ0n) is 9.86. The number of nitrogens with two attached hydrogens (primary N) is 1. The molecule has 6 heteroatoms. The van der Waals surface area contributed by atoms with Gasteiger partial charge in [-0.2, -0.15) is 4.98 Å². The third kappa shape index (κ3) is 2.76. The van der Waals surface area contributed by atoms with Gasteiger partial charge in [0.15, 0.2) is 5.82 Å². The molecular formula is C12H13BrFN3O. The normalized spacial score (nSPS) is 12.7. The summed E-state index contributed by atoms with van der Waals surface area (Å²) >= 11 is 3.12. The van der Waals surface area contributed by atoms with Gasteiger partial charge in [-0.1, -0.05) is 18.1 Å². The van der Waals surface area contributed by atoms with E-state index in [1.807, 2.05) is 6.92 Å². The molecule has 0 spiro atoms. The standard InChI is InChI=1S/C12H13BrFN3O/c1-2-7(15)6-10-16-12(18-17-10)8-4-3-5-9(13)11(8)14/h3-5,7H,2,6,15H2,1H3. The molecule has 1 unspecified atom stereocenters. The molecular weight excluding hydrogens is 301 g/mol. The van der Waals surface area contributed by atoms with E-state index < -0.39 is 5.82 Å². The van der Waals surface area contributed by atoms with Crippen LogP contribution in [-0.2, 0) is 6.42 Å². The third-order valence-electron chi connectivity index (χ3n) is 2.62. The van der Waals surface area contributed by atoms with Crippen LogP contribution in [0.15, 0.2) is 27.2 Å². The number of benzene rings is 1. The summed E-state index contributed by atoms with van der Waals surface area (Å²) in [6, 6.07) is 4.91. The second-order valence-electron chi connectivity index (χ2n) is 3.99. The minimum absolute atomic E-state index is 0.0113. The van der Waals surface area contributed by atoms with Crippen molar-refractivity contribution in [2.75, 3.05) is 0 Å². The maximum absolute atomic E-state index is 13.8. The minimum Gasteiger partial charge on any atom is -0.334 e. The molecule has 1 heterocycles. The predicted octanol–water partition coefficient (Wildman–Crippen LogP) is 2.92. The van der Waals surface area contributed by atoms with Crippen LogP contribution in [0, 0.1) is 5.82 Å². The molecule has 0 amide bonds. The van der Waals surface area contributed by atoms with Crippen LogP contribution in [0.4, 0.5) is 4.39 Å². The highest BCUT2D eigenvalue weighted by atomic mass is 79.9. The number of hydrogen-bond acceptors (Lipinski definition) is 4. The molecule has 1 aromatic heterocycles. The fourth-order valence-corrected chi connectivity index (χ4v) is 1.86. The van der Waals surface area contributed by atoms with Gasteiger partial charge in [0, 0.05) is 12.5 Å². The van der Waals surface area contributed by atoms with Crippen LogP contribution in [0.2, 0.25) is 0 Å². The van der Waals surface area contributed by atoms with E-state index in [4.69, 9.17) is 10.3 Å². The Balaban J connectivity index is 2.27. The van der Waals surface area contributed by atoms with Gasteiger partial charge in [0.1, 0.15) is 5.82 Å². The van der Waals surface area contributed by atoms with E-state index in [9.17, 15) is 4.39 Å². The van der Waals surface area contributed by atoms with Crippen LogP contribution >= 0.6 is 15.9 Å². The van der Waals surface area contributed by atoms with Crippen molar-refractivity contribution in [2.24, 2.45) is 5.73 Å². The Morgan fingerprint density at radius 3 is 3.00 bits per heavy atom. The molecule has 18 heavy (non-hydrogen) atoms. The van der Waals surface area contributed by atoms with E-state index in [0.717, 1.165) is 6.42 Å². The quantitative estimate of drug-likeness (QED) is 0.942. The molecule has 1 aromatic carbocycles. The molecule has 1 atom stereocenters. The van der Waals surface area contributed by atoms with Crippen molar-refractivity contribution in [1.82, 2.24) is 10.1 Å². The zero-order chi connectivity index (χ0) is 13.1. The maximum Gasteiger partial charge on any atom is 0.260 e. The largest absolute Gasteiger partial charge is 0.334 e. The lowest BCUT2D eigenvalue weighted by molar-refractivity contribution is 0.417. The van der Waals surface area contributed by atoms with Crippen LogP contribution in [0.1, 0.15) is 19.2 Å². The number of nitrogens with zero attached hydrogens (tertiary/aromatic N) is 2. The molecule has 4 nitrogen and oxygen atoms in total. The number of halogens is 2. The lowest BCUT2D eigenvalue weighted by Gasteiger charge is -2.02. The van der Waals surface area contributed by atoms with Crippen LogP contribution in [-0.4, -0.2) is 16.2 Å². The van der Waals surface area contributed by atoms with Crippen molar-refractivity contribution in [3.05, 3.63) is 34.3 Å². The van der Waals surface area contributed by atoms with Crippen molar-refractivity contribution >= 4 is 15.9 Å². The SMILES string of the molecule is CCC(N)Cc1noc(-c2cccc(Br)c2F)n1. The topological polar surface area (TPSA) is 64.9 Å². The monoisotopic (exact) mass is 313 g/mol. The molecule has 0 saturated carbocycles. The van der Waals surface area contributed by atoms with E-state index in [1.54, 1.807) is 18.2 Å². The minimum atomic E-state index is -0.410. The Kier molecular flexibility index (Phi) is 4.08. The number of rotatable bonds is 4. The molecule has 0 saturated heterocycles. The highest BCUT2D eigenvalue weighted by Gasteiger charge is 2.16. The summed E-state index contributed by atoms with van der Waals surface area (Å²) in [4.78, 5) is 4.15. The molecule has 0 bridgehead atoms. The van der Waals surface area contributed by atoms with Gasteiger partial charge >= 0.3 is 0 Å². The van der Waals surface area contributed by atoms with Crippen molar-refractivity contribution < 1.29 is 8.91 Å². The van der Waals surface area contributed by atoms with Gasteiger partial charge < -0.3 is 10.3 Å². The summed E-state index contributed by atoms with van der Waals surface area (Å²) in [5.74, 6) is 0.262. The summed E-state index contributed by atoms with van der Waals surface area (Å²) in [5.41, 5.74) is 6.09. The molecule has 2 rings (SSSR count). The fraction of sp³-hybridized carbons (Fsp3) is 0.333. The van der Waals surface area contributed by atoms with E-state index in [1.165, 1.54) is 0 Å². The van der Waals surface area contributed by atoms with Gasteiger partial charge in [-0.25, -0.2) is 4.39 Å².